The molecule has 1 atom stereocenters. The molecular formula is C24H23N3O3. The van der Waals surface area contributed by atoms with Crippen molar-refractivity contribution < 1.29 is 14.3 Å². The van der Waals surface area contributed by atoms with Gasteiger partial charge >= 0.3 is 0 Å². The van der Waals surface area contributed by atoms with Crippen molar-refractivity contribution in [3.8, 4) is 5.75 Å². The zero-order chi connectivity index (χ0) is 20.9. The Kier molecular flexibility index (Phi) is 5.66. The molecule has 0 bridgehead atoms. The van der Waals surface area contributed by atoms with E-state index in [-0.39, 0.29) is 24.5 Å². The van der Waals surface area contributed by atoms with Gasteiger partial charge in [-0.1, -0.05) is 48.5 Å². The van der Waals surface area contributed by atoms with E-state index in [1.165, 1.54) is 0 Å². The summed E-state index contributed by atoms with van der Waals surface area (Å²) in [5, 5.41) is 9.18. The topological polar surface area (TPSA) is 79.5 Å². The van der Waals surface area contributed by atoms with Crippen molar-refractivity contribution in [3.05, 3.63) is 89.5 Å². The molecule has 0 radical (unpaired) electrons. The molecule has 2 amide bonds. The number of para-hydroxylation sites is 1. The molecular weight excluding hydrogens is 378 g/mol. The molecule has 0 fully saturated rings. The molecule has 0 unspecified atom stereocenters. The van der Waals surface area contributed by atoms with Gasteiger partial charge in [-0.2, -0.15) is 0 Å². The Labute approximate surface area is 175 Å². The fourth-order valence-corrected chi connectivity index (χ4v) is 3.36. The van der Waals surface area contributed by atoms with Gasteiger partial charge in [0.05, 0.1) is 17.3 Å². The molecule has 0 saturated heterocycles. The van der Waals surface area contributed by atoms with Crippen LogP contribution < -0.4 is 20.7 Å². The zero-order valence-corrected chi connectivity index (χ0v) is 16.6. The predicted octanol–water partition coefficient (Wildman–Crippen LogP) is 4.12. The van der Waals surface area contributed by atoms with Crippen LogP contribution in [0, 0.1) is 0 Å². The van der Waals surface area contributed by atoms with E-state index in [9.17, 15) is 9.59 Å². The number of rotatable bonds is 6. The number of carbonyl (C=O) groups excluding carboxylic acids is 2. The standard InChI is InChI=1S/C24H23N3O3/c1-16(18-11-12-22-21(13-18)27-23(28)15-30-22)26-24(29)19-9-5-6-10-20(19)25-14-17-7-3-2-4-8-17/h2-13,16,25H,14-15H2,1H3,(H,26,29)(H,27,28)/t16-/m1/s1. The van der Waals surface area contributed by atoms with Gasteiger partial charge in [0.25, 0.3) is 11.8 Å². The molecule has 0 aliphatic carbocycles. The summed E-state index contributed by atoms with van der Waals surface area (Å²) in [6, 6.07) is 22.8. The van der Waals surface area contributed by atoms with Crippen LogP contribution in [-0.2, 0) is 11.3 Å². The van der Waals surface area contributed by atoms with Crippen LogP contribution in [0.4, 0.5) is 11.4 Å². The predicted molar refractivity (Wildman–Crippen MR) is 117 cm³/mol. The van der Waals surface area contributed by atoms with Crippen molar-refractivity contribution in [2.45, 2.75) is 19.5 Å². The number of fused-ring (bicyclic) bond motifs is 1. The van der Waals surface area contributed by atoms with Gasteiger partial charge in [0, 0.05) is 12.2 Å². The fraction of sp³-hybridized carbons (Fsp3) is 0.167. The number of hydrogen-bond donors (Lipinski definition) is 3. The number of ether oxygens (including phenoxy) is 1. The molecule has 6 heteroatoms. The number of benzene rings is 3. The second kappa shape index (κ2) is 8.69. The van der Waals surface area contributed by atoms with Crippen LogP contribution in [0.2, 0.25) is 0 Å². The summed E-state index contributed by atoms with van der Waals surface area (Å²) in [6.45, 7) is 2.56. The fourth-order valence-electron chi connectivity index (χ4n) is 3.36. The first kappa shape index (κ1) is 19.5. The Morgan fingerprint density at radius 1 is 1.07 bits per heavy atom. The van der Waals surface area contributed by atoms with Crippen molar-refractivity contribution in [2.24, 2.45) is 0 Å². The first-order valence-electron chi connectivity index (χ1n) is 9.84. The molecule has 152 valence electrons. The average molecular weight is 401 g/mol. The maximum atomic E-state index is 13.0. The molecule has 30 heavy (non-hydrogen) atoms. The third-order valence-corrected chi connectivity index (χ3v) is 4.98. The molecule has 4 rings (SSSR count). The van der Waals surface area contributed by atoms with Crippen LogP contribution in [0.3, 0.4) is 0 Å². The summed E-state index contributed by atoms with van der Waals surface area (Å²) in [5.74, 6) is 0.277. The van der Waals surface area contributed by atoms with E-state index in [0.717, 1.165) is 16.8 Å². The first-order chi connectivity index (χ1) is 14.6. The average Bonchev–Trinajstić information content (AvgIpc) is 2.78. The second-order valence-electron chi connectivity index (χ2n) is 7.17. The number of anilines is 2. The molecule has 6 nitrogen and oxygen atoms in total. The lowest BCUT2D eigenvalue weighted by Crippen LogP contribution is -2.28. The normalized spacial score (nSPS) is 13.4. The van der Waals surface area contributed by atoms with Crippen LogP contribution in [0.1, 0.15) is 34.5 Å². The Morgan fingerprint density at radius 2 is 1.83 bits per heavy atom. The summed E-state index contributed by atoms with van der Waals surface area (Å²) in [6.07, 6.45) is 0. The van der Waals surface area contributed by atoms with E-state index >= 15 is 0 Å². The molecule has 1 heterocycles. The van der Waals surface area contributed by atoms with E-state index < -0.39 is 0 Å². The molecule has 3 N–H and O–H groups in total. The first-order valence-corrected chi connectivity index (χ1v) is 9.84. The van der Waals surface area contributed by atoms with Gasteiger partial charge in [-0.25, -0.2) is 0 Å². The van der Waals surface area contributed by atoms with Crippen molar-refractivity contribution in [1.82, 2.24) is 5.32 Å². The molecule has 0 aromatic heterocycles. The van der Waals surface area contributed by atoms with E-state index in [4.69, 9.17) is 4.74 Å². The summed E-state index contributed by atoms with van der Waals surface area (Å²) in [5.41, 5.74) is 3.99. The maximum absolute atomic E-state index is 13.0. The van der Waals surface area contributed by atoms with Crippen molar-refractivity contribution in [3.63, 3.8) is 0 Å². The van der Waals surface area contributed by atoms with E-state index in [0.29, 0.717) is 23.5 Å². The maximum Gasteiger partial charge on any atom is 0.262 e. The number of amides is 2. The van der Waals surface area contributed by atoms with Gasteiger partial charge in [0.15, 0.2) is 6.61 Å². The minimum Gasteiger partial charge on any atom is -0.482 e. The summed E-state index contributed by atoms with van der Waals surface area (Å²) < 4.78 is 5.39. The quantitative estimate of drug-likeness (QED) is 0.581. The molecule has 3 aromatic rings. The molecule has 0 spiro atoms. The van der Waals surface area contributed by atoms with Gasteiger partial charge in [-0.05, 0) is 42.3 Å². The number of carbonyl (C=O) groups is 2. The van der Waals surface area contributed by atoms with Crippen molar-refractivity contribution in [1.29, 1.82) is 0 Å². The Hall–Kier alpha value is -3.80. The number of hydrogen-bond acceptors (Lipinski definition) is 4. The Balaban J connectivity index is 1.46. The minimum atomic E-state index is -0.246. The molecule has 3 aromatic carbocycles. The third kappa shape index (κ3) is 4.43. The zero-order valence-electron chi connectivity index (χ0n) is 16.6. The van der Waals surface area contributed by atoms with Crippen molar-refractivity contribution >= 4 is 23.2 Å². The van der Waals surface area contributed by atoms with Gasteiger partial charge in [-0.15, -0.1) is 0 Å². The highest BCUT2D eigenvalue weighted by Crippen LogP contribution is 2.30. The molecule has 1 aliphatic heterocycles. The Morgan fingerprint density at radius 3 is 2.67 bits per heavy atom. The Bertz CT molecular complexity index is 1070. The van der Waals surface area contributed by atoms with Gasteiger partial charge in [-0.3, -0.25) is 9.59 Å². The monoisotopic (exact) mass is 401 g/mol. The second-order valence-corrected chi connectivity index (χ2v) is 7.17. The van der Waals surface area contributed by atoms with Crippen LogP contribution in [0.15, 0.2) is 72.8 Å². The largest absolute Gasteiger partial charge is 0.482 e. The minimum absolute atomic E-state index is 0.0192. The van der Waals surface area contributed by atoms with E-state index in [2.05, 4.69) is 16.0 Å². The van der Waals surface area contributed by atoms with Crippen LogP contribution >= 0.6 is 0 Å². The molecule has 1 aliphatic rings. The van der Waals surface area contributed by atoms with Crippen LogP contribution in [0.5, 0.6) is 5.75 Å². The molecule has 0 saturated carbocycles. The smallest absolute Gasteiger partial charge is 0.262 e. The third-order valence-electron chi connectivity index (χ3n) is 4.98. The van der Waals surface area contributed by atoms with Crippen LogP contribution in [-0.4, -0.2) is 18.4 Å². The van der Waals surface area contributed by atoms with Gasteiger partial charge in [0.2, 0.25) is 0 Å². The SMILES string of the molecule is C[C@@H](NC(=O)c1ccccc1NCc1ccccc1)c1ccc2c(c1)NC(=O)CO2. The summed E-state index contributed by atoms with van der Waals surface area (Å²) in [7, 11) is 0. The highest BCUT2D eigenvalue weighted by Gasteiger charge is 2.19. The van der Waals surface area contributed by atoms with E-state index in [1.54, 1.807) is 6.07 Å². The van der Waals surface area contributed by atoms with Gasteiger partial charge in [0.1, 0.15) is 5.75 Å². The highest BCUT2D eigenvalue weighted by atomic mass is 16.5. The summed E-state index contributed by atoms with van der Waals surface area (Å²) in [4.78, 5) is 24.5. The van der Waals surface area contributed by atoms with E-state index in [1.807, 2.05) is 73.7 Å². The van der Waals surface area contributed by atoms with Crippen LogP contribution in [0.25, 0.3) is 0 Å². The lowest BCUT2D eigenvalue weighted by molar-refractivity contribution is -0.118. The lowest BCUT2D eigenvalue weighted by atomic mass is 10.1. The number of nitrogens with one attached hydrogen (secondary N) is 3. The van der Waals surface area contributed by atoms with Gasteiger partial charge < -0.3 is 20.7 Å². The highest BCUT2D eigenvalue weighted by molar-refractivity contribution is 6.00. The van der Waals surface area contributed by atoms with Crippen molar-refractivity contribution in [2.75, 3.05) is 17.2 Å². The summed E-state index contributed by atoms with van der Waals surface area (Å²) >= 11 is 0. The lowest BCUT2D eigenvalue weighted by Gasteiger charge is -2.21.